The summed E-state index contributed by atoms with van der Waals surface area (Å²) in [6, 6.07) is 9.94. The van der Waals surface area contributed by atoms with Gasteiger partial charge < -0.3 is 15.2 Å². The molecule has 0 spiro atoms. The average molecular weight is 412 g/mol. The molecule has 0 heterocycles. The van der Waals surface area contributed by atoms with E-state index in [1.54, 1.807) is 36.4 Å². The van der Waals surface area contributed by atoms with E-state index in [0.29, 0.717) is 23.5 Å². The molecule has 152 valence electrons. The number of anilines is 1. The highest BCUT2D eigenvalue weighted by Crippen LogP contribution is 2.16. The minimum absolute atomic E-state index is 0.0543. The number of nitrogens with one attached hydrogen (secondary N) is 2. The Labute approximate surface area is 162 Å². The van der Waals surface area contributed by atoms with Crippen LogP contribution in [0.4, 0.5) is 14.5 Å². The fourth-order valence-corrected chi connectivity index (χ4v) is 2.79. The second-order valence-electron chi connectivity index (χ2n) is 6.10. The van der Waals surface area contributed by atoms with Crippen molar-refractivity contribution in [3.8, 4) is 5.75 Å². The Bertz CT molecular complexity index is 903. The summed E-state index contributed by atoms with van der Waals surface area (Å²) >= 11 is 0. The minimum atomic E-state index is -3.33. The van der Waals surface area contributed by atoms with Crippen molar-refractivity contribution < 1.29 is 27.0 Å². The van der Waals surface area contributed by atoms with Gasteiger partial charge in [-0.15, -0.1) is 0 Å². The first-order chi connectivity index (χ1) is 13.2. The monoisotopic (exact) mass is 412 g/mol. The van der Waals surface area contributed by atoms with E-state index in [1.165, 1.54) is 6.07 Å². The maximum atomic E-state index is 13.1. The van der Waals surface area contributed by atoms with Crippen molar-refractivity contribution in [1.82, 2.24) is 5.32 Å². The molecule has 0 bridgehead atoms. The number of aliphatic hydroxyl groups is 1. The lowest BCUT2D eigenvalue weighted by Gasteiger charge is -2.13. The summed E-state index contributed by atoms with van der Waals surface area (Å²) in [5.74, 6) is -1.29. The van der Waals surface area contributed by atoms with Gasteiger partial charge in [0.1, 0.15) is 18.5 Å². The van der Waals surface area contributed by atoms with Gasteiger partial charge in [0.05, 0.1) is 6.26 Å². The Morgan fingerprint density at radius 2 is 1.86 bits per heavy atom. The van der Waals surface area contributed by atoms with Gasteiger partial charge in [-0.25, -0.2) is 17.2 Å². The third-order valence-corrected chi connectivity index (χ3v) is 4.10. The van der Waals surface area contributed by atoms with E-state index in [0.717, 1.165) is 18.4 Å². The third kappa shape index (κ3) is 8.03. The number of ether oxygens (including phenoxy) is 1. The Morgan fingerprint density at radius 1 is 1.14 bits per heavy atom. The molecular formula is C19H22F2N2O4S. The Hall–Kier alpha value is -2.49. The number of benzene rings is 2. The molecule has 0 aliphatic carbocycles. The fourth-order valence-electron chi connectivity index (χ4n) is 2.23. The second kappa shape index (κ2) is 10.2. The van der Waals surface area contributed by atoms with E-state index in [-0.39, 0.29) is 13.2 Å². The van der Waals surface area contributed by atoms with Crippen molar-refractivity contribution in [3.63, 3.8) is 0 Å². The summed E-state index contributed by atoms with van der Waals surface area (Å²) in [6.45, 7) is 0.760. The van der Waals surface area contributed by atoms with E-state index in [1.807, 2.05) is 0 Å². The van der Waals surface area contributed by atoms with Gasteiger partial charge in [0.15, 0.2) is 11.6 Å². The van der Waals surface area contributed by atoms with Crippen LogP contribution < -0.4 is 14.8 Å². The van der Waals surface area contributed by atoms with Crippen molar-refractivity contribution in [2.45, 2.75) is 6.10 Å². The van der Waals surface area contributed by atoms with E-state index >= 15 is 0 Å². The molecular weight excluding hydrogens is 390 g/mol. The van der Waals surface area contributed by atoms with Gasteiger partial charge in [-0.3, -0.25) is 4.72 Å². The summed E-state index contributed by atoms with van der Waals surface area (Å²) in [5, 5.41) is 12.9. The van der Waals surface area contributed by atoms with Crippen LogP contribution in [0.3, 0.4) is 0 Å². The van der Waals surface area contributed by atoms with Crippen molar-refractivity contribution in [2.75, 3.05) is 30.7 Å². The summed E-state index contributed by atoms with van der Waals surface area (Å²) in [7, 11) is -3.33. The van der Waals surface area contributed by atoms with Crippen LogP contribution in [0, 0.1) is 11.6 Å². The molecule has 0 fully saturated rings. The van der Waals surface area contributed by atoms with Crippen molar-refractivity contribution in [1.29, 1.82) is 0 Å². The molecule has 6 nitrogen and oxygen atoms in total. The first-order valence-corrected chi connectivity index (χ1v) is 10.3. The first kappa shape index (κ1) is 21.8. The van der Waals surface area contributed by atoms with E-state index in [9.17, 15) is 22.3 Å². The van der Waals surface area contributed by atoms with Gasteiger partial charge in [0, 0.05) is 18.8 Å². The molecule has 3 N–H and O–H groups in total. The summed E-state index contributed by atoms with van der Waals surface area (Å²) in [4.78, 5) is 0. The van der Waals surface area contributed by atoms with Crippen LogP contribution in [0.1, 0.15) is 5.56 Å². The van der Waals surface area contributed by atoms with Crippen molar-refractivity contribution in [2.24, 2.45) is 0 Å². The van der Waals surface area contributed by atoms with Gasteiger partial charge in [0.25, 0.3) is 0 Å². The highest BCUT2D eigenvalue weighted by molar-refractivity contribution is 7.92. The summed E-state index contributed by atoms with van der Waals surface area (Å²) in [5.41, 5.74) is 0.961. The quantitative estimate of drug-likeness (QED) is 0.522. The molecule has 0 saturated carbocycles. The molecule has 0 aliphatic rings. The van der Waals surface area contributed by atoms with Crippen LogP contribution in [-0.2, 0) is 10.0 Å². The number of halogens is 2. The van der Waals surface area contributed by atoms with Crippen LogP contribution >= 0.6 is 0 Å². The SMILES string of the molecule is CS(=O)(=O)Nc1ccc(OC[C@H](O)CNCC=Cc2ccc(F)c(F)c2)cc1. The predicted octanol–water partition coefficient (Wildman–Crippen LogP) is 2.38. The van der Waals surface area contributed by atoms with Gasteiger partial charge in [-0.2, -0.15) is 0 Å². The first-order valence-electron chi connectivity index (χ1n) is 8.44. The number of hydrogen-bond acceptors (Lipinski definition) is 5. The zero-order valence-corrected chi connectivity index (χ0v) is 16.0. The lowest BCUT2D eigenvalue weighted by molar-refractivity contribution is 0.107. The zero-order valence-electron chi connectivity index (χ0n) is 15.2. The van der Waals surface area contributed by atoms with Crippen LogP contribution in [0.25, 0.3) is 6.08 Å². The molecule has 0 aliphatic heterocycles. The Morgan fingerprint density at radius 3 is 2.50 bits per heavy atom. The smallest absolute Gasteiger partial charge is 0.229 e. The van der Waals surface area contributed by atoms with E-state index < -0.39 is 27.8 Å². The molecule has 0 aromatic heterocycles. The van der Waals surface area contributed by atoms with E-state index in [2.05, 4.69) is 10.0 Å². The Kier molecular flexibility index (Phi) is 7.91. The number of hydrogen-bond donors (Lipinski definition) is 3. The van der Waals surface area contributed by atoms with Crippen LogP contribution in [0.5, 0.6) is 5.75 Å². The number of aliphatic hydroxyl groups excluding tert-OH is 1. The summed E-state index contributed by atoms with van der Waals surface area (Å²) < 4.78 is 56.0. The van der Waals surface area contributed by atoms with Gasteiger partial charge in [0.2, 0.25) is 10.0 Å². The molecule has 0 saturated heterocycles. The number of rotatable bonds is 10. The normalized spacial score (nSPS) is 12.9. The predicted molar refractivity (Wildman–Crippen MR) is 105 cm³/mol. The number of sulfonamides is 1. The molecule has 2 aromatic carbocycles. The molecule has 2 aromatic rings. The van der Waals surface area contributed by atoms with Gasteiger partial charge in [-0.1, -0.05) is 18.2 Å². The van der Waals surface area contributed by atoms with Crippen molar-refractivity contribution in [3.05, 3.63) is 65.7 Å². The fraction of sp³-hybridized carbons (Fsp3) is 0.263. The molecule has 9 heteroatoms. The molecule has 0 radical (unpaired) electrons. The molecule has 28 heavy (non-hydrogen) atoms. The largest absolute Gasteiger partial charge is 0.491 e. The Balaban J connectivity index is 1.67. The highest BCUT2D eigenvalue weighted by atomic mass is 32.2. The van der Waals surface area contributed by atoms with Crippen LogP contribution in [0.15, 0.2) is 48.5 Å². The summed E-state index contributed by atoms with van der Waals surface area (Å²) in [6.07, 6.45) is 3.68. The van der Waals surface area contributed by atoms with Crippen molar-refractivity contribution >= 4 is 21.8 Å². The van der Waals surface area contributed by atoms with Crippen LogP contribution in [-0.4, -0.2) is 45.6 Å². The standard InChI is InChI=1S/C19H22F2N2O4S/c1-28(25,26)23-15-5-7-17(8-6-15)27-13-16(24)12-22-10-2-3-14-4-9-18(20)19(21)11-14/h2-9,11,16,22-24H,10,12-13H2,1H3/t16-/m1/s1. The topological polar surface area (TPSA) is 87.7 Å². The molecule has 1 atom stereocenters. The lowest BCUT2D eigenvalue weighted by Crippen LogP contribution is -2.31. The average Bonchev–Trinajstić information content (AvgIpc) is 2.62. The zero-order chi connectivity index (χ0) is 20.6. The minimum Gasteiger partial charge on any atom is -0.491 e. The highest BCUT2D eigenvalue weighted by Gasteiger charge is 2.06. The molecule has 2 rings (SSSR count). The third-order valence-electron chi connectivity index (χ3n) is 3.50. The van der Waals surface area contributed by atoms with Crippen LogP contribution in [0.2, 0.25) is 0 Å². The maximum Gasteiger partial charge on any atom is 0.229 e. The van der Waals surface area contributed by atoms with Gasteiger partial charge in [-0.05, 0) is 42.0 Å². The molecule has 0 unspecified atom stereocenters. The van der Waals surface area contributed by atoms with E-state index in [4.69, 9.17) is 4.74 Å². The maximum absolute atomic E-state index is 13.1. The molecule has 0 amide bonds. The second-order valence-corrected chi connectivity index (χ2v) is 7.85. The lowest BCUT2D eigenvalue weighted by atomic mass is 10.2. The van der Waals surface area contributed by atoms with Gasteiger partial charge >= 0.3 is 0 Å².